The number of hydrogen-bond donors (Lipinski definition) is 2. The zero-order chi connectivity index (χ0) is 14.5. The molecule has 0 saturated carbocycles. The van der Waals surface area contributed by atoms with Gasteiger partial charge in [0.2, 0.25) is 15.9 Å². The Balaban J connectivity index is 2.67. The highest BCUT2D eigenvalue weighted by Gasteiger charge is 2.15. The minimum atomic E-state index is -3.63. The van der Waals surface area contributed by atoms with Crippen molar-refractivity contribution in [2.45, 2.75) is 38.1 Å². The number of hydrogen-bond acceptors (Lipinski definition) is 3. The van der Waals surface area contributed by atoms with E-state index in [0.717, 1.165) is 12.0 Å². The van der Waals surface area contributed by atoms with Crippen LogP contribution in [0.4, 0.5) is 0 Å². The molecule has 0 aromatic heterocycles. The molecule has 0 heterocycles. The van der Waals surface area contributed by atoms with Crippen LogP contribution in [0.3, 0.4) is 0 Å². The molecule has 106 valence electrons. The summed E-state index contributed by atoms with van der Waals surface area (Å²) >= 11 is 0. The van der Waals surface area contributed by atoms with Crippen LogP contribution in [0.25, 0.3) is 0 Å². The largest absolute Gasteiger partial charge is 0.353 e. The van der Waals surface area contributed by atoms with Crippen molar-refractivity contribution in [1.29, 1.82) is 0 Å². The molecule has 0 aliphatic heterocycles. The van der Waals surface area contributed by atoms with E-state index in [4.69, 9.17) is 0 Å². The number of sulfonamides is 1. The molecular weight excluding hydrogens is 264 g/mol. The lowest BCUT2D eigenvalue weighted by Gasteiger charge is -2.10. The molecule has 0 aliphatic rings. The molecule has 2 N–H and O–H groups in total. The molecule has 1 amide bonds. The summed E-state index contributed by atoms with van der Waals surface area (Å²) < 4.78 is 26.1. The third kappa shape index (κ3) is 5.00. The fourth-order valence-corrected chi connectivity index (χ4v) is 2.50. The predicted octanol–water partition coefficient (Wildman–Crippen LogP) is 1.05. The summed E-state index contributed by atoms with van der Waals surface area (Å²) in [5.41, 5.74) is 1.07. The number of amides is 1. The van der Waals surface area contributed by atoms with Crippen molar-refractivity contribution in [3.05, 3.63) is 29.8 Å². The third-order valence-electron chi connectivity index (χ3n) is 2.51. The van der Waals surface area contributed by atoms with Crippen molar-refractivity contribution >= 4 is 15.9 Å². The van der Waals surface area contributed by atoms with Gasteiger partial charge < -0.3 is 5.32 Å². The van der Waals surface area contributed by atoms with Gasteiger partial charge in [-0.1, -0.05) is 19.1 Å². The van der Waals surface area contributed by atoms with Crippen LogP contribution in [0, 0.1) is 0 Å². The Labute approximate surface area is 114 Å². The number of rotatable bonds is 6. The summed E-state index contributed by atoms with van der Waals surface area (Å²) in [6.45, 7) is 5.37. The molecule has 1 aromatic rings. The minimum absolute atomic E-state index is 0.0131. The van der Waals surface area contributed by atoms with Gasteiger partial charge in [0.05, 0.1) is 11.4 Å². The fraction of sp³-hybridized carbons (Fsp3) is 0.462. The summed E-state index contributed by atoms with van der Waals surface area (Å²) in [6, 6.07) is 6.61. The van der Waals surface area contributed by atoms with Gasteiger partial charge in [-0.15, -0.1) is 0 Å². The van der Waals surface area contributed by atoms with Crippen molar-refractivity contribution < 1.29 is 13.2 Å². The number of aryl methyl sites for hydroxylation is 1. The van der Waals surface area contributed by atoms with Crippen LogP contribution in [-0.4, -0.2) is 26.9 Å². The molecule has 0 atom stereocenters. The lowest BCUT2D eigenvalue weighted by atomic mass is 10.2. The number of carbonyl (C=O) groups is 1. The van der Waals surface area contributed by atoms with Crippen molar-refractivity contribution in [2.75, 3.05) is 6.54 Å². The van der Waals surface area contributed by atoms with Gasteiger partial charge in [0.25, 0.3) is 0 Å². The highest BCUT2D eigenvalue weighted by molar-refractivity contribution is 7.89. The molecule has 1 aromatic carbocycles. The van der Waals surface area contributed by atoms with Crippen molar-refractivity contribution in [3.63, 3.8) is 0 Å². The maximum Gasteiger partial charge on any atom is 0.241 e. The van der Waals surface area contributed by atoms with Crippen LogP contribution in [0.2, 0.25) is 0 Å². The summed E-state index contributed by atoms with van der Waals surface area (Å²) in [6.07, 6.45) is 0.852. The van der Waals surface area contributed by atoms with E-state index in [0.29, 0.717) is 0 Å². The van der Waals surface area contributed by atoms with Gasteiger partial charge in [0.15, 0.2) is 0 Å². The fourth-order valence-electron chi connectivity index (χ4n) is 1.52. The second-order valence-corrected chi connectivity index (χ2v) is 6.31. The van der Waals surface area contributed by atoms with E-state index < -0.39 is 10.0 Å². The number of carbonyl (C=O) groups excluding carboxylic acids is 1. The molecule has 0 unspecified atom stereocenters. The Hall–Kier alpha value is -1.40. The highest BCUT2D eigenvalue weighted by atomic mass is 32.2. The first kappa shape index (κ1) is 15.7. The zero-order valence-electron chi connectivity index (χ0n) is 11.4. The average molecular weight is 284 g/mol. The monoisotopic (exact) mass is 284 g/mol. The van der Waals surface area contributed by atoms with Crippen LogP contribution in [0.1, 0.15) is 26.3 Å². The molecule has 0 radical (unpaired) electrons. The second-order valence-electron chi connectivity index (χ2n) is 4.54. The standard InChI is InChI=1S/C13H20N2O3S/c1-4-11-5-7-12(8-6-11)19(17,18)14-9-13(16)15-10(2)3/h5-8,10,14H,4,9H2,1-3H3,(H,15,16). The SMILES string of the molecule is CCc1ccc(S(=O)(=O)NCC(=O)NC(C)C)cc1. The Kier molecular flexibility index (Phi) is 5.50. The van der Waals surface area contributed by atoms with Gasteiger partial charge in [-0.2, -0.15) is 0 Å². The molecule has 1 rings (SSSR count). The van der Waals surface area contributed by atoms with Crippen LogP contribution in [0.15, 0.2) is 29.2 Å². The molecule has 0 bridgehead atoms. The lowest BCUT2D eigenvalue weighted by Crippen LogP contribution is -2.39. The first-order chi connectivity index (χ1) is 8.85. The zero-order valence-corrected chi connectivity index (χ0v) is 12.3. The van der Waals surface area contributed by atoms with Gasteiger partial charge in [-0.05, 0) is 38.0 Å². The molecular formula is C13H20N2O3S. The molecule has 5 nitrogen and oxygen atoms in total. The lowest BCUT2D eigenvalue weighted by molar-refractivity contribution is -0.120. The summed E-state index contributed by atoms with van der Waals surface area (Å²) in [5.74, 6) is -0.344. The Morgan fingerprint density at radius 1 is 1.21 bits per heavy atom. The van der Waals surface area contributed by atoms with E-state index in [2.05, 4.69) is 10.0 Å². The Morgan fingerprint density at radius 3 is 2.26 bits per heavy atom. The van der Waals surface area contributed by atoms with Gasteiger partial charge in [0, 0.05) is 6.04 Å². The molecule has 0 fully saturated rings. The molecule has 0 saturated heterocycles. The smallest absolute Gasteiger partial charge is 0.241 e. The van der Waals surface area contributed by atoms with Gasteiger partial charge in [0.1, 0.15) is 0 Å². The van der Waals surface area contributed by atoms with Crippen molar-refractivity contribution in [2.24, 2.45) is 0 Å². The van der Waals surface area contributed by atoms with E-state index in [1.54, 1.807) is 24.3 Å². The number of nitrogens with one attached hydrogen (secondary N) is 2. The quantitative estimate of drug-likeness (QED) is 0.820. The maximum absolute atomic E-state index is 11.9. The van der Waals surface area contributed by atoms with Crippen molar-refractivity contribution in [1.82, 2.24) is 10.0 Å². The van der Waals surface area contributed by atoms with E-state index >= 15 is 0 Å². The van der Waals surface area contributed by atoms with Gasteiger partial charge in [-0.3, -0.25) is 4.79 Å². The Bertz CT molecular complexity index is 521. The molecule has 0 aliphatic carbocycles. The second kappa shape index (κ2) is 6.68. The van der Waals surface area contributed by atoms with Crippen LogP contribution in [-0.2, 0) is 21.2 Å². The highest BCUT2D eigenvalue weighted by Crippen LogP contribution is 2.10. The van der Waals surface area contributed by atoms with E-state index in [1.165, 1.54) is 0 Å². The summed E-state index contributed by atoms with van der Waals surface area (Å²) in [5, 5.41) is 2.62. The van der Waals surface area contributed by atoms with Crippen LogP contribution in [0.5, 0.6) is 0 Å². The van der Waals surface area contributed by atoms with Crippen molar-refractivity contribution in [3.8, 4) is 0 Å². The number of benzene rings is 1. The van der Waals surface area contributed by atoms with E-state index in [-0.39, 0.29) is 23.4 Å². The summed E-state index contributed by atoms with van der Waals surface area (Å²) in [7, 11) is -3.63. The van der Waals surface area contributed by atoms with Gasteiger partial charge in [-0.25, -0.2) is 13.1 Å². The maximum atomic E-state index is 11.9. The molecule has 0 spiro atoms. The average Bonchev–Trinajstić information content (AvgIpc) is 2.36. The predicted molar refractivity (Wildman–Crippen MR) is 74.3 cm³/mol. The minimum Gasteiger partial charge on any atom is -0.353 e. The third-order valence-corrected chi connectivity index (χ3v) is 3.93. The first-order valence-electron chi connectivity index (χ1n) is 6.23. The van der Waals surface area contributed by atoms with Gasteiger partial charge >= 0.3 is 0 Å². The molecule has 6 heteroatoms. The van der Waals surface area contributed by atoms with E-state index in [9.17, 15) is 13.2 Å². The van der Waals surface area contributed by atoms with E-state index in [1.807, 2.05) is 20.8 Å². The Morgan fingerprint density at radius 2 is 1.79 bits per heavy atom. The van der Waals surface area contributed by atoms with Crippen LogP contribution < -0.4 is 10.0 Å². The topological polar surface area (TPSA) is 75.3 Å². The summed E-state index contributed by atoms with van der Waals surface area (Å²) in [4.78, 5) is 11.6. The molecule has 19 heavy (non-hydrogen) atoms. The first-order valence-corrected chi connectivity index (χ1v) is 7.71. The normalized spacial score (nSPS) is 11.6. The van der Waals surface area contributed by atoms with Crippen LogP contribution >= 0.6 is 0 Å².